The maximum Gasteiger partial charge on any atom is 0.270 e. The van der Waals surface area contributed by atoms with Crippen LogP contribution >= 0.6 is 0 Å². The number of nitrogens with one attached hydrogen (secondary N) is 1. The first-order valence-corrected chi connectivity index (χ1v) is 4.98. The third-order valence-electron chi connectivity index (χ3n) is 2.40. The molecule has 2 unspecified atom stereocenters. The van der Waals surface area contributed by atoms with Crippen LogP contribution in [0.5, 0.6) is 0 Å². The SMILES string of the molecule is CC(CO)C(C)NC(=O)c1ccccn1. The number of pyridine rings is 1. The summed E-state index contributed by atoms with van der Waals surface area (Å²) in [5.41, 5.74) is 0.398. The van der Waals surface area contributed by atoms with Crippen LogP contribution in [0.2, 0.25) is 0 Å². The summed E-state index contributed by atoms with van der Waals surface area (Å²) in [5.74, 6) is -0.166. The molecule has 1 aromatic heterocycles. The molecule has 0 aliphatic carbocycles. The van der Waals surface area contributed by atoms with E-state index in [9.17, 15) is 4.79 Å². The molecule has 4 heteroatoms. The Morgan fingerprint density at radius 1 is 1.53 bits per heavy atom. The lowest BCUT2D eigenvalue weighted by molar-refractivity contribution is 0.0911. The van der Waals surface area contributed by atoms with Crippen LogP contribution in [0.3, 0.4) is 0 Å². The van der Waals surface area contributed by atoms with Crippen LogP contribution in [0.15, 0.2) is 24.4 Å². The van der Waals surface area contributed by atoms with Crippen LogP contribution in [-0.2, 0) is 0 Å². The maximum absolute atomic E-state index is 11.6. The molecule has 0 radical (unpaired) electrons. The smallest absolute Gasteiger partial charge is 0.270 e. The summed E-state index contributed by atoms with van der Waals surface area (Å²) in [5, 5.41) is 11.7. The first-order chi connectivity index (χ1) is 7.15. The summed E-state index contributed by atoms with van der Waals surface area (Å²) < 4.78 is 0. The number of hydrogen-bond donors (Lipinski definition) is 2. The number of aliphatic hydroxyl groups is 1. The van der Waals surface area contributed by atoms with E-state index < -0.39 is 0 Å². The molecule has 0 saturated heterocycles. The maximum atomic E-state index is 11.6. The summed E-state index contributed by atoms with van der Waals surface area (Å²) >= 11 is 0. The van der Waals surface area contributed by atoms with Crippen molar-refractivity contribution in [3.63, 3.8) is 0 Å². The highest BCUT2D eigenvalue weighted by molar-refractivity contribution is 5.92. The van der Waals surface area contributed by atoms with Crippen LogP contribution in [0.1, 0.15) is 24.3 Å². The van der Waals surface area contributed by atoms with Gasteiger partial charge in [0, 0.05) is 18.8 Å². The lowest BCUT2D eigenvalue weighted by atomic mass is 10.1. The molecule has 0 aliphatic heterocycles. The normalized spacial score (nSPS) is 14.3. The second-order valence-corrected chi connectivity index (χ2v) is 3.64. The molecular weight excluding hydrogens is 192 g/mol. The fraction of sp³-hybridized carbons (Fsp3) is 0.455. The summed E-state index contributed by atoms with van der Waals surface area (Å²) in [6.07, 6.45) is 1.58. The van der Waals surface area contributed by atoms with Gasteiger partial charge in [-0.05, 0) is 25.0 Å². The van der Waals surface area contributed by atoms with E-state index in [1.807, 2.05) is 13.8 Å². The predicted octanol–water partition coefficient (Wildman–Crippen LogP) is 0.828. The Morgan fingerprint density at radius 3 is 2.80 bits per heavy atom. The van der Waals surface area contributed by atoms with Gasteiger partial charge in [-0.1, -0.05) is 13.0 Å². The Kier molecular flexibility index (Phi) is 4.24. The molecule has 1 heterocycles. The van der Waals surface area contributed by atoms with Gasteiger partial charge in [-0.25, -0.2) is 0 Å². The van der Waals surface area contributed by atoms with E-state index in [0.717, 1.165) is 0 Å². The summed E-state index contributed by atoms with van der Waals surface area (Å²) in [6, 6.07) is 5.12. The van der Waals surface area contributed by atoms with Crippen molar-refractivity contribution in [2.24, 2.45) is 5.92 Å². The van der Waals surface area contributed by atoms with Gasteiger partial charge in [0.1, 0.15) is 5.69 Å². The molecule has 4 nitrogen and oxygen atoms in total. The topological polar surface area (TPSA) is 62.2 Å². The van der Waals surface area contributed by atoms with Crippen LogP contribution in [0.25, 0.3) is 0 Å². The fourth-order valence-corrected chi connectivity index (χ4v) is 1.08. The lowest BCUT2D eigenvalue weighted by Gasteiger charge is -2.18. The van der Waals surface area contributed by atoms with E-state index in [1.165, 1.54) is 0 Å². The minimum Gasteiger partial charge on any atom is -0.396 e. The highest BCUT2D eigenvalue weighted by Crippen LogP contribution is 2.02. The zero-order chi connectivity index (χ0) is 11.3. The van der Waals surface area contributed by atoms with Gasteiger partial charge in [-0.2, -0.15) is 0 Å². The molecule has 1 aromatic rings. The van der Waals surface area contributed by atoms with Crippen LogP contribution in [-0.4, -0.2) is 28.6 Å². The van der Waals surface area contributed by atoms with Crippen LogP contribution in [0.4, 0.5) is 0 Å². The molecule has 15 heavy (non-hydrogen) atoms. The molecular formula is C11H16N2O2. The minimum absolute atomic E-state index is 0.0395. The first-order valence-electron chi connectivity index (χ1n) is 4.98. The Labute approximate surface area is 89.3 Å². The molecule has 0 fully saturated rings. The standard InChI is InChI=1S/C11H16N2O2/c1-8(7-14)9(2)13-11(15)10-5-3-4-6-12-10/h3-6,8-9,14H,7H2,1-2H3,(H,13,15). The van der Waals surface area contributed by atoms with Gasteiger partial charge in [0.2, 0.25) is 0 Å². The number of rotatable bonds is 4. The average molecular weight is 208 g/mol. The van der Waals surface area contributed by atoms with Gasteiger partial charge >= 0.3 is 0 Å². The second kappa shape index (κ2) is 5.46. The van der Waals surface area contributed by atoms with E-state index >= 15 is 0 Å². The molecule has 1 rings (SSSR count). The Bertz CT molecular complexity index is 314. The first kappa shape index (κ1) is 11.7. The third kappa shape index (κ3) is 3.32. The predicted molar refractivity (Wildman–Crippen MR) is 57.4 cm³/mol. The van der Waals surface area contributed by atoms with Gasteiger partial charge in [-0.3, -0.25) is 9.78 Å². The van der Waals surface area contributed by atoms with Crippen molar-refractivity contribution in [1.82, 2.24) is 10.3 Å². The summed E-state index contributed by atoms with van der Waals surface area (Å²) in [7, 11) is 0. The van der Waals surface area contributed by atoms with E-state index in [2.05, 4.69) is 10.3 Å². The minimum atomic E-state index is -0.205. The molecule has 0 bridgehead atoms. The molecule has 0 aliphatic rings. The van der Waals surface area contributed by atoms with Gasteiger partial charge in [0.15, 0.2) is 0 Å². The van der Waals surface area contributed by atoms with Crippen molar-refractivity contribution >= 4 is 5.91 Å². The molecule has 0 spiro atoms. The highest BCUT2D eigenvalue weighted by Gasteiger charge is 2.15. The Balaban J connectivity index is 2.57. The molecule has 0 saturated carbocycles. The Morgan fingerprint density at radius 2 is 2.27 bits per heavy atom. The van der Waals surface area contributed by atoms with E-state index in [0.29, 0.717) is 5.69 Å². The van der Waals surface area contributed by atoms with Crippen molar-refractivity contribution in [2.45, 2.75) is 19.9 Å². The monoisotopic (exact) mass is 208 g/mol. The van der Waals surface area contributed by atoms with Gasteiger partial charge < -0.3 is 10.4 Å². The number of carbonyl (C=O) groups is 1. The quantitative estimate of drug-likeness (QED) is 0.770. The number of amides is 1. The van der Waals surface area contributed by atoms with E-state index in [4.69, 9.17) is 5.11 Å². The van der Waals surface area contributed by atoms with Gasteiger partial charge in [0.05, 0.1) is 0 Å². The number of aromatic nitrogens is 1. The van der Waals surface area contributed by atoms with Crippen molar-refractivity contribution in [3.8, 4) is 0 Å². The second-order valence-electron chi connectivity index (χ2n) is 3.64. The van der Waals surface area contributed by atoms with E-state index in [-0.39, 0.29) is 24.5 Å². The van der Waals surface area contributed by atoms with Crippen molar-refractivity contribution < 1.29 is 9.90 Å². The van der Waals surface area contributed by atoms with Crippen LogP contribution in [0, 0.1) is 5.92 Å². The molecule has 2 N–H and O–H groups in total. The Hall–Kier alpha value is -1.42. The molecule has 82 valence electrons. The van der Waals surface area contributed by atoms with E-state index in [1.54, 1.807) is 24.4 Å². The number of aliphatic hydroxyl groups excluding tert-OH is 1. The number of carbonyl (C=O) groups excluding carboxylic acids is 1. The average Bonchev–Trinajstić information content (AvgIpc) is 2.29. The summed E-state index contributed by atoms with van der Waals surface area (Å²) in [4.78, 5) is 15.6. The molecule has 1 amide bonds. The van der Waals surface area contributed by atoms with Crippen molar-refractivity contribution in [1.29, 1.82) is 0 Å². The zero-order valence-corrected chi connectivity index (χ0v) is 8.97. The van der Waals surface area contributed by atoms with Crippen molar-refractivity contribution in [3.05, 3.63) is 30.1 Å². The number of hydrogen-bond acceptors (Lipinski definition) is 3. The van der Waals surface area contributed by atoms with Crippen molar-refractivity contribution in [2.75, 3.05) is 6.61 Å². The largest absolute Gasteiger partial charge is 0.396 e. The zero-order valence-electron chi connectivity index (χ0n) is 8.97. The summed E-state index contributed by atoms with van der Waals surface area (Å²) in [6.45, 7) is 3.80. The number of nitrogens with zero attached hydrogens (tertiary/aromatic N) is 1. The molecule has 2 atom stereocenters. The highest BCUT2D eigenvalue weighted by atomic mass is 16.3. The third-order valence-corrected chi connectivity index (χ3v) is 2.40. The van der Waals surface area contributed by atoms with Gasteiger partial charge in [0.25, 0.3) is 5.91 Å². The fourth-order valence-electron chi connectivity index (χ4n) is 1.08. The van der Waals surface area contributed by atoms with Crippen LogP contribution < -0.4 is 5.32 Å². The van der Waals surface area contributed by atoms with Gasteiger partial charge in [-0.15, -0.1) is 0 Å². The molecule has 0 aromatic carbocycles. The lowest BCUT2D eigenvalue weighted by Crippen LogP contribution is -2.38.